The fraction of sp³-hybridized carbons (Fsp3) is 1.00. The molecule has 1 rings (SSSR count). The third kappa shape index (κ3) is 4.49. The summed E-state index contributed by atoms with van der Waals surface area (Å²) in [6.07, 6.45) is 5.80. The van der Waals surface area contributed by atoms with Crippen molar-refractivity contribution in [1.29, 1.82) is 0 Å². The summed E-state index contributed by atoms with van der Waals surface area (Å²) < 4.78 is 11.1. The molecular weight excluding hydrogens is 190 g/mol. The first-order chi connectivity index (χ1) is 7.05. The standard InChI is InChI=1S/C12H25NO2/c1-12(2,14-3)8-7-10(13)11-6-4-5-9-15-11/h10-11H,4-9,13H2,1-3H3. The van der Waals surface area contributed by atoms with E-state index in [-0.39, 0.29) is 17.7 Å². The zero-order chi connectivity index (χ0) is 11.3. The molecule has 3 heteroatoms. The van der Waals surface area contributed by atoms with Crippen molar-refractivity contribution in [2.45, 2.75) is 63.7 Å². The predicted molar refractivity (Wildman–Crippen MR) is 61.9 cm³/mol. The lowest BCUT2D eigenvalue weighted by Crippen LogP contribution is -2.40. The van der Waals surface area contributed by atoms with Gasteiger partial charge in [0, 0.05) is 19.8 Å². The van der Waals surface area contributed by atoms with Crippen LogP contribution in [0.1, 0.15) is 46.0 Å². The number of hydrogen-bond acceptors (Lipinski definition) is 3. The van der Waals surface area contributed by atoms with Gasteiger partial charge in [0.2, 0.25) is 0 Å². The maximum absolute atomic E-state index is 6.13. The van der Waals surface area contributed by atoms with E-state index in [1.54, 1.807) is 7.11 Å². The van der Waals surface area contributed by atoms with Crippen molar-refractivity contribution in [2.75, 3.05) is 13.7 Å². The van der Waals surface area contributed by atoms with Crippen LogP contribution in [0.25, 0.3) is 0 Å². The van der Waals surface area contributed by atoms with E-state index in [1.165, 1.54) is 12.8 Å². The maximum Gasteiger partial charge on any atom is 0.0725 e. The van der Waals surface area contributed by atoms with Gasteiger partial charge in [-0.1, -0.05) is 0 Å². The van der Waals surface area contributed by atoms with Gasteiger partial charge in [0.25, 0.3) is 0 Å². The van der Waals surface area contributed by atoms with Gasteiger partial charge in [-0.25, -0.2) is 0 Å². The third-order valence-electron chi connectivity index (χ3n) is 3.32. The molecule has 0 saturated carbocycles. The minimum atomic E-state index is -0.0632. The van der Waals surface area contributed by atoms with E-state index in [0.717, 1.165) is 25.9 Å². The molecule has 15 heavy (non-hydrogen) atoms. The van der Waals surface area contributed by atoms with E-state index in [1.807, 2.05) is 0 Å². The highest BCUT2D eigenvalue weighted by Gasteiger charge is 2.24. The fourth-order valence-electron chi connectivity index (χ4n) is 1.91. The molecule has 2 unspecified atom stereocenters. The summed E-state index contributed by atoms with van der Waals surface area (Å²) in [4.78, 5) is 0. The number of rotatable bonds is 5. The Morgan fingerprint density at radius 3 is 2.73 bits per heavy atom. The van der Waals surface area contributed by atoms with Crippen LogP contribution in [0.4, 0.5) is 0 Å². The molecule has 0 spiro atoms. The van der Waals surface area contributed by atoms with Gasteiger partial charge in [0.1, 0.15) is 0 Å². The number of methoxy groups -OCH3 is 1. The Bertz CT molecular complexity index is 176. The Balaban J connectivity index is 2.25. The van der Waals surface area contributed by atoms with Crippen molar-refractivity contribution in [3.8, 4) is 0 Å². The quantitative estimate of drug-likeness (QED) is 0.763. The number of ether oxygens (including phenoxy) is 2. The van der Waals surface area contributed by atoms with Gasteiger partial charge in [0.15, 0.2) is 0 Å². The van der Waals surface area contributed by atoms with Crippen LogP contribution in [0.5, 0.6) is 0 Å². The molecule has 0 aliphatic carbocycles. The largest absolute Gasteiger partial charge is 0.379 e. The fourth-order valence-corrected chi connectivity index (χ4v) is 1.91. The first-order valence-electron chi connectivity index (χ1n) is 5.97. The second-order valence-corrected chi connectivity index (χ2v) is 5.07. The first-order valence-corrected chi connectivity index (χ1v) is 5.97. The SMILES string of the molecule is COC(C)(C)CCC(N)C1CCCCO1. The minimum absolute atomic E-state index is 0.0632. The van der Waals surface area contributed by atoms with E-state index >= 15 is 0 Å². The van der Waals surface area contributed by atoms with Gasteiger partial charge < -0.3 is 15.2 Å². The molecule has 0 radical (unpaired) electrons. The van der Waals surface area contributed by atoms with Crippen molar-refractivity contribution in [2.24, 2.45) is 5.73 Å². The van der Waals surface area contributed by atoms with Crippen LogP contribution >= 0.6 is 0 Å². The van der Waals surface area contributed by atoms with Gasteiger partial charge in [-0.15, -0.1) is 0 Å². The summed E-state index contributed by atoms with van der Waals surface area (Å²) in [5, 5.41) is 0. The Hall–Kier alpha value is -0.120. The van der Waals surface area contributed by atoms with Crippen LogP contribution in [0.15, 0.2) is 0 Å². The molecule has 3 nitrogen and oxygen atoms in total. The normalized spacial score (nSPS) is 25.2. The summed E-state index contributed by atoms with van der Waals surface area (Å²) >= 11 is 0. The molecule has 0 aromatic heterocycles. The molecular formula is C12H25NO2. The minimum Gasteiger partial charge on any atom is -0.379 e. The summed E-state index contributed by atoms with van der Waals surface area (Å²) in [5.41, 5.74) is 6.07. The summed E-state index contributed by atoms with van der Waals surface area (Å²) in [7, 11) is 1.75. The van der Waals surface area contributed by atoms with E-state index in [0.29, 0.717) is 0 Å². The Labute approximate surface area is 93.3 Å². The van der Waals surface area contributed by atoms with Crippen molar-refractivity contribution in [3.05, 3.63) is 0 Å². The van der Waals surface area contributed by atoms with Gasteiger partial charge in [-0.2, -0.15) is 0 Å². The van der Waals surface area contributed by atoms with Crippen molar-refractivity contribution >= 4 is 0 Å². The molecule has 1 aliphatic rings. The molecule has 1 heterocycles. The Morgan fingerprint density at radius 2 is 2.20 bits per heavy atom. The molecule has 0 aromatic rings. The smallest absolute Gasteiger partial charge is 0.0725 e. The first kappa shape index (κ1) is 12.9. The van der Waals surface area contributed by atoms with E-state index < -0.39 is 0 Å². The molecule has 2 atom stereocenters. The number of hydrogen-bond donors (Lipinski definition) is 1. The molecule has 1 fully saturated rings. The highest BCUT2D eigenvalue weighted by molar-refractivity contribution is 4.79. The second kappa shape index (κ2) is 5.83. The molecule has 0 aromatic carbocycles. The lowest BCUT2D eigenvalue weighted by molar-refractivity contribution is -0.0167. The lowest BCUT2D eigenvalue weighted by atomic mass is 9.94. The molecule has 0 amide bonds. The van der Waals surface area contributed by atoms with Crippen molar-refractivity contribution in [1.82, 2.24) is 0 Å². The second-order valence-electron chi connectivity index (χ2n) is 5.07. The molecule has 1 saturated heterocycles. The van der Waals surface area contributed by atoms with E-state index in [4.69, 9.17) is 15.2 Å². The third-order valence-corrected chi connectivity index (χ3v) is 3.32. The van der Waals surface area contributed by atoms with Crippen molar-refractivity contribution < 1.29 is 9.47 Å². The van der Waals surface area contributed by atoms with Gasteiger partial charge in [0.05, 0.1) is 11.7 Å². The summed E-state index contributed by atoms with van der Waals surface area (Å²) in [6.45, 7) is 5.08. The average molecular weight is 215 g/mol. The van der Waals surface area contributed by atoms with Crippen LogP contribution < -0.4 is 5.73 Å². The summed E-state index contributed by atoms with van der Waals surface area (Å²) in [6, 6.07) is 0.166. The monoisotopic (exact) mass is 215 g/mol. The van der Waals surface area contributed by atoms with Crippen LogP contribution in [0.2, 0.25) is 0 Å². The van der Waals surface area contributed by atoms with Crippen LogP contribution in [0.3, 0.4) is 0 Å². The molecule has 0 bridgehead atoms. The average Bonchev–Trinajstić information content (AvgIpc) is 2.27. The maximum atomic E-state index is 6.13. The summed E-state index contributed by atoms with van der Waals surface area (Å²) in [5.74, 6) is 0. The topological polar surface area (TPSA) is 44.5 Å². The Kier molecular flexibility index (Phi) is 5.03. The van der Waals surface area contributed by atoms with Gasteiger partial charge in [-0.3, -0.25) is 0 Å². The highest BCUT2D eigenvalue weighted by atomic mass is 16.5. The lowest BCUT2D eigenvalue weighted by Gasteiger charge is -2.30. The molecule has 1 aliphatic heterocycles. The van der Waals surface area contributed by atoms with E-state index in [9.17, 15) is 0 Å². The highest BCUT2D eigenvalue weighted by Crippen LogP contribution is 2.21. The van der Waals surface area contributed by atoms with Crippen molar-refractivity contribution in [3.63, 3.8) is 0 Å². The number of nitrogens with two attached hydrogens (primary N) is 1. The van der Waals surface area contributed by atoms with E-state index in [2.05, 4.69) is 13.8 Å². The van der Waals surface area contributed by atoms with Gasteiger partial charge in [-0.05, 0) is 46.0 Å². The predicted octanol–water partition coefficient (Wildman–Crippen LogP) is 2.09. The zero-order valence-electron chi connectivity index (χ0n) is 10.3. The molecule has 2 N–H and O–H groups in total. The van der Waals surface area contributed by atoms with Gasteiger partial charge >= 0.3 is 0 Å². The van der Waals surface area contributed by atoms with Crippen LogP contribution in [-0.4, -0.2) is 31.5 Å². The van der Waals surface area contributed by atoms with Crippen LogP contribution in [0, 0.1) is 0 Å². The zero-order valence-corrected chi connectivity index (χ0v) is 10.3. The Morgan fingerprint density at radius 1 is 1.47 bits per heavy atom. The molecule has 90 valence electrons. The van der Waals surface area contributed by atoms with Crippen LogP contribution in [-0.2, 0) is 9.47 Å².